The highest BCUT2D eigenvalue weighted by molar-refractivity contribution is 6.30. The van der Waals surface area contributed by atoms with Gasteiger partial charge in [0.25, 0.3) is 0 Å². The number of anilines is 1. The van der Waals surface area contributed by atoms with Gasteiger partial charge in [0, 0.05) is 23.5 Å². The van der Waals surface area contributed by atoms with Crippen LogP contribution in [0, 0.1) is 11.8 Å². The standard InChI is InChI=1S/C30H36ClNO4/c1-2-3-4-7-27(33)24-11-8-22(24)17-32-18-30(14-5-6-20-15-23(31)10-12-25(20)30)19-36-28-13-9-21(29(34)35)16-26(28)32/h4,7,9-10,12-13,15-16,22,24,27,33H,2-3,5-6,8,11,14,17-19H2,1H3,(H,34,35)/b7-4+/t22-,24-,27?,30-/m0/s1. The smallest absolute Gasteiger partial charge is 0.335 e. The van der Waals surface area contributed by atoms with Gasteiger partial charge in [-0.2, -0.15) is 0 Å². The van der Waals surface area contributed by atoms with Gasteiger partial charge in [-0.1, -0.05) is 43.2 Å². The summed E-state index contributed by atoms with van der Waals surface area (Å²) in [5.41, 5.74) is 3.49. The Balaban J connectivity index is 1.48. The summed E-state index contributed by atoms with van der Waals surface area (Å²) < 4.78 is 6.44. The Labute approximate surface area is 218 Å². The molecule has 1 heterocycles. The molecule has 1 saturated carbocycles. The number of carbonyl (C=O) groups is 1. The van der Waals surface area contributed by atoms with Crippen molar-refractivity contribution in [2.24, 2.45) is 11.8 Å². The van der Waals surface area contributed by atoms with Crippen molar-refractivity contribution in [1.82, 2.24) is 0 Å². The number of benzene rings is 2. The van der Waals surface area contributed by atoms with Crippen LogP contribution in [0.5, 0.6) is 5.75 Å². The van der Waals surface area contributed by atoms with Crippen LogP contribution in [0.3, 0.4) is 0 Å². The number of hydrogen-bond donors (Lipinski definition) is 2. The third-order valence-electron chi connectivity index (χ3n) is 8.44. The van der Waals surface area contributed by atoms with E-state index in [-0.39, 0.29) is 16.9 Å². The molecule has 36 heavy (non-hydrogen) atoms. The van der Waals surface area contributed by atoms with Gasteiger partial charge in [-0.3, -0.25) is 0 Å². The number of aryl methyl sites for hydroxylation is 1. The fourth-order valence-corrected chi connectivity index (χ4v) is 6.54. The second kappa shape index (κ2) is 10.5. The third kappa shape index (κ3) is 4.88. The van der Waals surface area contributed by atoms with E-state index in [4.69, 9.17) is 16.3 Å². The molecule has 0 radical (unpaired) electrons. The lowest BCUT2D eigenvalue weighted by Crippen LogP contribution is -2.49. The number of ether oxygens (including phenoxy) is 1. The van der Waals surface area contributed by atoms with E-state index in [1.54, 1.807) is 18.2 Å². The molecule has 0 bridgehead atoms. The largest absolute Gasteiger partial charge is 0.490 e. The first-order valence-electron chi connectivity index (χ1n) is 13.3. The average molecular weight is 510 g/mol. The number of fused-ring (bicyclic) bond motifs is 3. The van der Waals surface area contributed by atoms with Crippen LogP contribution in [0.4, 0.5) is 5.69 Å². The van der Waals surface area contributed by atoms with Gasteiger partial charge in [-0.15, -0.1) is 0 Å². The molecule has 5 nitrogen and oxygen atoms in total. The Bertz CT molecular complexity index is 1150. The number of rotatable bonds is 7. The van der Waals surface area contributed by atoms with E-state index in [0.717, 1.165) is 74.5 Å². The van der Waals surface area contributed by atoms with Crippen molar-refractivity contribution < 1.29 is 19.7 Å². The maximum atomic E-state index is 11.8. The molecule has 2 aliphatic carbocycles. The molecule has 2 aromatic rings. The van der Waals surface area contributed by atoms with Crippen LogP contribution < -0.4 is 9.64 Å². The molecule has 6 heteroatoms. The van der Waals surface area contributed by atoms with Gasteiger partial charge in [0.1, 0.15) is 5.75 Å². The molecule has 0 amide bonds. The number of aliphatic hydroxyl groups is 1. The molecule has 2 N–H and O–H groups in total. The van der Waals surface area contributed by atoms with Crippen molar-refractivity contribution in [2.45, 2.75) is 63.4 Å². The lowest BCUT2D eigenvalue weighted by atomic mass is 9.68. The number of aliphatic hydroxyl groups excluding tert-OH is 1. The topological polar surface area (TPSA) is 70.0 Å². The molecule has 1 fully saturated rings. The lowest BCUT2D eigenvalue weighted by Gasteiger charge is -2.45. The Morgan fingerprint density at radius 2 is 2.14 bits per heavy atom. The highest BCUT2D eigenvalue weighted by atomic mass is 35.5. The predicted molar refractivity (Wildman–Crippen MR) is 143 cm³/mol. The van der Waals surface area contributed by atoms with E-state index in [0.29, 0.717) is 12.5 Å². The summed E-state index contributed by atoms with van der Waals surface area (Å²) in [6.45, 7) is 4.21. The first-order valence-corrected chi connectivity index (χ1v) is 13.7. The van der Waals surface area contributed by atoms with Crippen LogP contribution in [0.2, 0.25) is 5.02 Å². The zero-order valence-electron chi connectivity index (χ0n) is 21.0. The average Bonchev–Trinajstić information content (AvgIpc) is 2.99. The molecule has 5 rings (SSSR count). The maximum Gasteiger partial charge on any atom is 0.335 e. The van der Waals surface area contributed by atoms with E-state index >= 15 is 0 Å². The minimum atomic E-state index is -0.938. The number of allylic oxidation sites excluding steroid dienone is 1. The van der Waals surface area contributed by atoms with Crippen molar-refractivity contribution in [3.05, 3.63) is 70.3 Å². The number of hydrogen-bond acceptors (Lipinski definition) is 4. The zero-order chi connectivity index (χ0) is 25.3. The Morgan fingerprint density at radius 3 is 2.89 bits per heavy atom. The van der Waals surface area contributed by atoms with Crippen LogP contribution in [-0.4, -0.2) is 42.0 Å². The molecule has 2 aromatic carbocycles. The van der Waals surface area contributed by atoms with E-state index in [2.05, 4.69) is 30.0 Å². The number of aromatic carboxylic acids is 1. The second-order valence-corrected chi connectivity index (χ2v) is 11.2. The summed E-state index contributed by atoms with van der Waals surface area (Å²) in [6.07, 6.45) is 10.8. The number of halogens is 1. The van der Waals surface area contributed by atoms with Crippen LogP contribution in [0.1, 0.15) is 66.9 Å². The molecular formula is C30H36ClNO4. The number of carboxylic acid groups (broad SMARTS) is 1. The first-order chi connectivity index (χ1) is 17.4. The van der Waals surface area contributed by atoms with Crippen LogP contribution in [-0.2, 0) is 11.8 Å². The summed E-state index contributed by atoms with van der Waals surface area (Å²) in [5, 5.41) is 21.3. The highest BCUT2D eigenvalue weighted by Crippen LogP contribution is 2.46. The van der Waals surface area contributed by atoms with Gasteiger partial charge in [-0.05, 0) is 91.8 Å². The van der Waals surface area contributed by atoms with E-state index in [9.17, 15) is 15.0 Å². The third-order valence-corrected chi connectivity index (χ3v) is 8.68. The molecule has 1 spiro atoms. The monoisotopic (exact) mass is 509 g/mol. The number of carboxylic acids is 1. The van der Waals surface area contributed by atoms with Crippen LogP contribution in [0.25, 0.3) is 0 Å². The van der Waals surface area contributed by atoms with Crippen molar-refractivity contribution >= 4 is 23.3 Å². The molecule has 1 aliphatic heterocycles. The Morgan fingerprint density at radius 1 is 1.28 bits per heavy atom. The second-order valence-electron chi connectivity index (χ2n) is 10.8. The number of nitrogens with zero attached hydrogens (tertiary/aromatic N) is 1. The van der Waals surface area contributed by atoms with E-state index in [1.165, 1.54) is 11.1 Å². The summed E-state index contributed by atoms with van der Waals surface area (Å²) in [4.78, 5) is 14.2. The summed E-state index contributed by atoms with van der Waals surface area (Å²) >= 11 is 6.34. The first kappa shape index (κ1) is 25.2. The van der Waals surface area contributed by atoms with Gasteiger partial charge < -0.3 is 19.8 Å². The summed E-state index contributed by atoms with van der Waals surface area (Å²) in [5.74, 6) is 0.363. The Hall–Kier alpha value is -2.50. The molecular weight excluding hydrogens is 474 g/mol. The Kier molecular flexibility index (Phi) is 7.32. The van der Waals surface area contributed by atoms with Gasteiger partial charge in [-0.25, -0.2) is 4.79 Å². The molecule has 192 valence electrons. The lowest BCUT2D eigenvalue weighted by molar-refractivity contribution is 0.0456. The highest BCUT2D eigenvalue weighted by Gasteiger charge is 2.44. The van der Waals surface area contributed by atoms with E-state index in [1.807, 2.05) is 12.1 Å². The predicted octanol–water partition coefficient (Wildman–Crippen LogP) is 6.25. The van der Waals surface area contributed by atoms with Gasteiger partial charge >= 0.3 is 5.97 Å². The normalized spacial score (nSPS) is 26.0. The van der Waals surface area contributed by atoms with Crippen molar-refractivity contribution in [3.8, 4) is 5.75 Å². The zero-order valence-corrected chi connectivity index (χ0v) is 21.7. The van der Waals surface area contributed by atoms with Gasteiger partial charge in [0.2, 0.25) is 0 Å². The molecule has 3 aliphatic rings. The van der Waals surface area contributed by atoms with Crippen molar-refractivity contribution in [2.75, 3.05) is 24.6 Å². The molecule has 4 atom stereocenters. The molecule has 0 saturated heterocycles. The maximum absolute atomic E-state index is 11.8. The minimum absolute atomic E-state index is 0.195. The minimum Gasteiger partial charge on any atom is -0.490 e. The summed E-state index contributed by atoms with van der Waals surface area (Å²) in [6, 6.07) is 11.4. The van der Waals surface area contributed by atoms with Crippen LogP contribution in [0.15, 0.2) is 48.6 Å². The molecule has 1 unspecified atom stereocenters. The summed E-state index contributed by atoms with van der Waals surface area (Å²) in [7, 11) is 0. The van der Waals surface area contributed by atoms with Crippen molar-refractivity contribution in [3.63, 3.8) is 0 Å². The van der Waals surface area contributed by atoms with Gasteiger partial charge in [0.15, 0.2) is 0 Å². The fourth-order valence-electron chi connectivity index (χ4n) is 6.35. The number of unbranched alkanes of at least 4 members (excludes halogenated alkanes) is 1. The quantitative estimate of drug-likeness (QED) is 0.431. The van der Waals surface area contributed by atoms with Crippen molar-refractivity contribution in [1.29, 1.82) is 0 Å². The molecule has 0 aromatic heterocycles. The van der Waals surface area contributed by atoms with E-state index < -0.39 is 12.1 Å². The SMILES string of the molecule is CCC/C=C/C(O)[C@H]1CC[C@H]1CN1C[C@@]2(CCCc3cc(Cl)ccc32)COc2ccc(C(=O)O)cc21. The van der Waals surface area contributed by atoms with Crippen LogP contribution >= 0.6 is 11.6 Å². The van der Waals surface area contributed by atoms with Gasteiger partial charge in [0.05, 0.1) is 24.0 Å². The fraction of sp³-hybridized carbons (Fsp3) is 0.500.